The summed E-state index contributed by atoms with van der Waals surface area (Å²) in [5, 5.41) is 1.04. The summed E-state index contributed by atoms with van der Waals surface area (Å²) in [4.78, 5) is 6.07. The van der Waals surface area contributed by atoms with Crippen LogP contribution in [0.5, 0.6) is 5.75 Å². The summed E-state index contributed by atoms with van der Waals surface area (Å²) in [6.45, 7) is 4.21. The van der Waals surface area contributed by atoms with Gasteiger partial charge in [0, 0.05) is 6.42 Å². The lowest BCUT2D eigenvalue weighted by Gasteiger charge is -2.02. The Morgan fingerprint density at radius 1 is 1.35 bits per heavy atom. The fourth-order valence-corrected chi connectivity index (χ4v) is 3.27. The van der Waals surface area contributed by atoms with Crippen molar-refractivity contribution in [1.29, 1.82) is 0 Å². The summed E-state index contributed by atoms with van der Waals surface area (Å²) in [5.74, 6) is 1.19. The molecule has 0 aliphatic rings. The van der Waals surface area contributed by atoms with Crippen molar-refractivity contribution in [2.24, 2.45) is 5.73 Å². The lowest BCUT2D eigenvalue weighted by atomic mass is 10.1. The van der Waals surface area contributed by atoms with Crippen LogP contribution in [0.4, 0.5) is 0 Å². The van der Waals surface area contributed by atoms with E-state index >= 15 is 0 Å². The minimum atomic E-state index is 0.326. The van der Waals surface area contributed by atoms with E-state index < -0.39 is 0 Å². The second kappa shape index (κ2) is 6.33. The van der Waals surface area contributed by atoms with Gasteiger partial charge in [-0.15, -0.1) is 11.3 Å². The fourth-order valence-electron chi connectivity index (χ4n) is 1.94. The highest BCUT2D eigenvalue weighted by Crippen LogP contribution is 2.27. The molecule has 0 saturated heterocycles. The average molecular weight is 306 g/mol. The van der Waals surface area contributed by atoms with Crippen molar-refractivity contribution in [2.45, 2.75) is 26.2 Å². The maximum atomic E-state index is 5.78. The van der Waals surface area contributed by atoms with Crippen molar-refractivity contribution in [3.63, 3.8) is 0 Å². The van der Waals surface area contributed by atoms with E-state index in [4.69, 9.17) is 22.7 Å². The molecule has 20 heavy (non-hydrogen) atoms. The predicted molar refractivity (Wildman–Crippen MR) is 87.9 cm³/mol. The largest absolute Gasteiger partial charge is 0.497 e. The fraction of sp³-hybridized carbons (Fsp3) is 0.333. The van der Waals surface area contributed by atoms with Crippen LogP contribution in [0, 0.1) is 0 Å². The van der Waals surface area contributed by atoms with Crippen molar-refractivity contribution in [1.82, 2.24) is 4.98 Å². The van der Waals surface area contributed by atoms with E-state index in [0.717, 1.165) is 27.7 Å². The summed E-state index contributed by atoms with van der Waals surface area (Å²) < 4.78 is 5.16. The molecule has 0 radical (unpaired) electrons. The first kappa shape index (κ1) is 14.9. The number of hydrogen-bond acceptors (Lipinski definition) is 4. The summed E-state index contributed by atoms with van der Waals surface area (Å²) in [5.41, 5.74) is 7.99. The van der Waals surface area contributed by atoms with Crippen LogP contribution in [0.15, 0.2) is 24.3 Å². The number of hydrogen-bond donors (Lipinski definition) is 1. The van der Waals surface area contributed by atoms with E-state index in [0.29, 0.717) is 10.9 Å². The van der Waals surface area contributed by atoms with E-state index in [1.165, 1.54) is 5.56 Å². The lowest BCUT2D eigenvalue weighted by molar-refractivity contribution is 0.414. The molecule has 106 valence electrons. The Bertz CT molecular complexity index is 603. The molecule has 0 saturated carbocycles. The minimum Gasteiger partial charge on any atom is -0.497 e. The van der Waals surface area contributed by atoms with Crippen molar-refractivity contribution in [2.75, 3.05) is 7.11 Å². The van der Waals surface area contributed by atoms with Crippen LogP contribution < -0.4 is 10.5 Å². The third-order valence-corrected chi connectivity index (χ3v) is 4.42. The molecule has 1 aromatic carbocycles. The lowest BCUT2D eigenvalue weighted by Crippen LogP contribution is -2.10. The smallest absolute Gasteiger partial charge is 0.118 e. The van der Waals surface area contributed by atoms with Gasteiger partial charge in [-0.25, -0.2) is 4.98 Å². The number of methoxy groups -OCH3 is 1. The van der Waals surface area contributed by atoms with Crippen LogP contribution in [-0.2, 0) is 6.42 Å². The number of nitrogens with two attached hydrogens (primary N) is 1. The third-order valence-electron chi connectivity index (χ3n) is 2.98. The minimum absolute atomic E-state index is 0.326. The van der Waals surface area contributed by atoms with Gasteiger partial charge in [-0.2, -0.15) is 0 Å². The average Bonchev–Trinajstić information content (AvgIpc) is 2.84. The van der Waals surface area contributed by atoms with E-state index in [9.17, 15) is 0 Å². The summed E-state index contributed by atoms with van der Waals surface area (Å²) in [7, 11) is 1.67. The Morgan fingerprint density at radius 2 is 2.00 bits per heavy atom. The molecule has 0 spiro atoms. The summed E-state index contributed by atoms with van der Waals surface area (Å²) in [6.07, 6.45) is 0.789. The monoisotopic (exact) mass is 306 g/mol. The second-order valence-electron chi connectivity index (χ2n) is 4.87. The van der Waals surface area contributed by atoms with Crippen molar-refractivity contribution in [3.8, 4) is 5.75 Å². The molecule has 5 heteroatoms. The van der Waals surface area contributed by atoms with E-state index in [1.807, 2.05) is 12.1 Å². The molecule has 0 aliphatic heterocycles. The molecule has 0 bridgehead atoms. The van der Waals surface area contributed by atoms with Gasteiger partial charge in [-0.1, -0.05) is 38.2 Å². The Labute approximate surface area is 128 Å². The van der Waals surface area contributed by atoms with Gasteiger partial charge in [-0.05, 0) is 23.6 Å². The molecule has 0 atom stereocenters. The zero-order valence-corrected chi connectivity index (χ0v) is 13.5. The number of nitrogens with zero attached hydrogens (tertiary/aromatic N) is 1. The van der Waals surface area contributed by atoms with Gasteiger partial charge in [0.2, 0.25) is 0 Å². The number of rotatable bonds is 5. The highest BCUT2D eigenvalue weighted by Gasteiger charge is 2.16. The molecule has 2 rings (SSSR count). The zero-order chi connectivity index (χ0) is 14.7. The van der Waals surface area contributed by atoms with Crippen LogP contribution in [0.3, 0.4) is 0 Å². The zero-order valence-electron chi connectivity index (χ0n) is 11.8. The number of aromatic nitrogens is 1. The van der Waals surface area contributed by atoms with Gasteiger partial charge in [0.15, 0.2) is 0 Å². The maximum Gasteiger partial charge on any atom is 0.118 e. The van der Waals surface area contributed by atoms with Gasteiger partial charge in [0.1, 0.15) is 10.7 Å². The molecule has 0 fully saturated rings. The van der Waals surface area contributed by atoms with Crippen molar-refractivity contribution >= 4 is 28.5 Å². The van der Waals surface area contributed by atoms with Crippen LogP contribution in [0.1, 0.15) is 40.9 Å². The Hall–Kier alpha value is -1.46. The molecular weight excluding hydrogens is 288 g/mol. The number of benzene rings is 1. The van der Waals surface area contributed by atoms with E-state index in [-0.39, 0.29) is 0 Å². The molecule has 0 unspecified atom stereocenters. The molecule has 1 aromatic heterocycles. The first-order valence-electron chi connectivity index (χ1n) is 6.43. The van der Waals surface area contributed by atoms with E-state index in [2.05, 4.69) is 31.0 Å². The topological polar surface area (TPSA) is 48.1 Å². The molecule has 1 heterocycles. The first-order chi connectivity index (χ1) is 9.51. The van der Waals surface area contributed by atoms with Crippen LogP contribution in [0.25, 0.3) is 0 Å². The number of ether oxygens (including phenoxy) is 1. The molecule has 0 amide bonds. The molecule has 2 aromatic rings. The van der Waals surface area contributed by atoms with Crippen LogP contribution in [-0.4, -0.2) is 17.1 Å². The van der Waals surface area contributed by atoms with Gasteiger partial charge in [-0.3, -0.25) is 0 Å². The maximum absolute atomic E-state index is 5.78. The van der Waals surface area contributed by atoms with Crippen LogP contribution in [0.2, 0.25) is 0 Å². The molecule has 0 aliphatic carbocycles. The van der Waals surface area contributed by atoms with E-state index in [1.54, 1.807) is 18.4 Å². The third kappa shape index (κ3) is 3.35. The number of thiazole rings is 1. The number of thiocarbonyl (C=S) groups is 1. The summed E-state index contributed by atoms with van der Waals surface area (Å²) >= 11 is 6.70. The van der Waals surface area contributed by atoms with Gasteiger partial charge in [0.25, 0.3) is 0 Å². The Kier molecular flexibility index (Phi) is 4.73. The highest BCUT2D eigenvalue weighted by molar-refractivity contribution is 7.81. The highest BCUT2D eigenvalue weighted by atomic mass is 32.1. The first-order valence-corrected chi connectivity index (χ1v) is 7.66. The van der Waals surface area contributed by atoms with Gasteiger partial charge in [0.05, 0.1) is 22.7 Å². The Balaban J connectivity index is 2.24. The predicted octanol–water partition coefficient (Wildman–Crippen LogP) is 3.50. The standard InChI is InChI=1S/C15H18N2OS2/c1-9(2)13-14(15(16)19)20-12(17-13)8-10-4-6-11(18-3)7-5-10/h4-7,9H,8H2,1-3H3,(H2,16,19). The second-order valence-corrected chi connectivity index (χ2v) is 6.39. The van der Waals surface area contributed by atoms with Crippen molar-refractivity contribution < 1.29 is 4.74 Å². The SMILES string of the molecule is COc1ccc(Cc2nc(C(C)C)c(C(N)=S)s2)cc1. The van der Waals surface area contributed by atoms with Gasteiger partial charge >= 0.3 is 0 Å². The molecule has 2 N–H and O–H groups in total. The van der Waals surface area contributed by atoms with Crippen LogP contribution >= 0.6 is 23.6 Å². The summed E-state index contributed by atoms with van der Waals surface area (Å²) in [6, 6.07) is 8.02. The molecule has 3 nitrogen and oxygen atoms in total. The quantitative estimate of drug-likeness (QED) is 0.859. The Morgan fingerprint density at radius 3 is 2.45 bits per heavy atom. The van der Waals surface area contributed by atoms with Crippen molar-refractivity contribution in [3.05, 3.63) is 45.4 Å². The van der Waals surface area contributed by atoms with Gasteiger partial charge < -0.3 is 10.5 Å². The normalized spacial score (nSPS) is 10.8. The molecular formula is C15H18N2OS2.